The van der Waals surface area contributed by atoms with Crippen LogP contribution in [0, 0.1) is 0 Å². The van der Waals surface area contributed by atoms with E-state index in [0.29, 0.717) is 12.1 Å². The standard InChI is InChI=1S/C9H13NO3/c1-2-3-4-7-8(11)5-6-10(7)9(12)13/h5-6,11H,2-4H2,1H3,(H,12,13). The van der Waals surface area contributed by atoms with Crippen molar-refractivity contribution in [2.45, 2.75) is 26.2 Å². The normalized spacial score (nSPS) is 10.2. The molecule has 1 heterocycles. The summed E-state index contributed by atoms with van der Waals surface area (Å²) in [6.45, 7) is 2.02. The molecule has 13 heavy (non-hydrogen) atoms. The summed E-state index contributed by atoms with van der Waals surface area (Å²) in [6.07, 6.45) is 2.77. The maximum Gasteiger partial charge on any atom is 0.415 e. The van der Waals surface area contributed by atoms with Crippen molar-refractivity contribution in [3.8, 4) is 5.75 Å². The van der Waals surface area contributed by atoms with Crippen LogP contribution in [0.25, 0.3) is 0 Å². The van der Waals surface area contributed by atoms with Gasteiger partial charge in [-0.2, -0.15) is 0 Å². The molecule has 0 saturated carbocycles. The highest BCUT2D eigenvalue weighted by Gasteiger charge is 2.11. The molecule has 0 aromatic carbocycles. The van der Waals surface area contributed by atoms with E-state index in [2.05, 4.69) is 0 Å². The fraction of sp³-hybridized carbons (Fsp3) is 0.444. The molecule has 0 aliphatic heterocycles. The molecule has 72 valence electrons. The third-order valence-electron chi connectivity index (χ3n) is 1.94. The summed E-state index contributed by atoms with van der Waals surface area (Å²) in [4.78, 5) is 10.7. The minimum atomic E-state index is -1.05. The molecule has 4 heteroatoms. The Kier molecular flexibility index (Phi) is 2.95. The Hall–Kier alpha value is -1.45. The van der Waals surface area contributed by atoms with Gasteiger partial charge in [-0.1, -0.05) is 13.3 Å². The molecule has 0 aliphatic rings. The van der Waals surface area contributed by atoms with Gasteiger partial charge >= 0.3 is 6.09 Å². The number of nitrogens with zero attached hydrogens (tertiary/aromatic N) is 1. The van der Waals surface area contributed by atoms with E-state index >= 15 is 0 Å². The van der Waals surface area contributed by atoms with E-state index in [-0.39, 0.29) is 5.75 Å². The van der Waals surface area contributed by atoms with Crippen molar-refractivity contribution in [3.05, 3.63) is 18.0 Å². The van der Waals surface area contributed by atoms with Gasteiger partial charge in [-0.3, -0.25) is 4.57 Å². The molecule has 0 amide bonds. The van der Waals surface area contributed by atoms with Gasteiger partial charge in [0.05, 0.1) is 5.69 Å². The Balaban J connectivity index is 2.88. The van der Waals surface area contributed by atoms with Gasteiger partial charge in [-0.05, 0) is 18.9 Å². The Morgan fingerprint density at radius 1 is 1.62 bits per heavy atom. The fourth-order valence-corrected chi connectivity index (χ4v) is 1.23. The SMILES string of the molecule is CCCCc1c(O)ccn1C(=O)O. The predicted molar refractivity (Wildman–Crippen MR) is 48.1 cm³/mol. The van der Waals surface area contributed by atoms with Crippen LogP contribution < -0.4 is 0 Å². The molecule has 0 unspecified atom stereocenters. The third-order valence-corrected chi connectivity index (χ3v) is 1.94. The third kappa shape index (κ3) is 2.02. The van der Waals surface area contributed by atoms with Gasteiger partial charge in [0.1, 0.15) is 5.75 Å². The summed E-state index contributed by atoms with van der Waals surface area (Å²) in [5.74, 6) is 0.0656. The van der Waals surface area contributed by atoms with Crippen molar-refractivity contribution >= 4 is 6.09 Å². The number of hydrogen-bond acceptors (Lipinski definition) is 2. The number of hydrogen-bond donors (Lipinski definition) is 2. The average molecular weight is 183 g/mol. The summed E-state index contributed by atoms with van der Waals surface area (Å²) < 4.78 is 1.06. The van der Waals surface area contributed by atoms with Crippen molar-refractivity contribution in [2.75, 3.05) is 0 Å². The minimum absolute atomic E-state index is 0.0656. The summed E-state index contributed by atoms with van der Waals surface area (Å²) in [5, 5.41) is 18.1. The lowest BCUT2D eigenvalue weighted by Gasteiger charge is -2.03. The summed E-state index contributed by atoms with van der Waals surface area (Å²) in [6, 6.07) is 1.40. The van der Waals surface area contributed by atoms with E-state index < -0.39 is 6.09 Å². The second-order valence-corrected chi connectivity index (χ2v) is 2.90. The van der Waals surface area contributed by atoms with Gasteiger partial charge in [-0.25, -0.2) is 4.79 Å². The summed E-state index contributed by atoms with van der Waals surface area (Å²) in [7, 11) is 0. The Labute approximate surface area is 76.4 Å². The van der Waals surface area contributed by atoms with Crippen molar-refractivity contribution < 1.29 is 15.0 Å². The van der Waals surface area contributed by atoms with Crippen LogP contribution in [0.4, 0.5) is 4.79 Å². The van der Waals surface area contributed by atoms with E-state index in [9.17, 15) is 9.90 Å². The van der Waals surface area contributed by atoms with E-state index in [4.69, 9.17) is 5.11 Å². The number of aromatic hydroxyl groups is 1. The molecular formula is C9H13NO3. The van der Waals surface area contributed by atoms with Gasteiger partial charge in [-0.15, -0.1) is 0 Å². The first kappa shape index (κ1) is 9.64. The van der Waals surface area contributed by atoms with Gasteiger partial charge in [0, 0.05) is 6.20 Å². The fourth-order valence-electron chi connectivity index (χ4n) is 1.23. The van der Waals surface area contributed by atoms with E-state index in [0.717, 1.165) is 17.4 Å². The molecule has 0 aliphatic carbocycles. The van der Waals surface area contributed by atoms with Crippen molar-refractivity contribution in [2.24, 2.45) is 0 Å². The highest BCUT2D eigenvalue weighted by molar-refractivity contribution is 5.70. The quantitative estimate of drug-likeness (QED) is 0.753. The lowest BCUT2D eigenvalue weighted by Crippen LogP contribution is -2.10. The first-order valence-corrected chi connectivity index (χ1v) is 4.29. The van der Waals surface area contributed by atoms with Crippen LogP contribution in [0.5, 0.6) is 5.75 Å². The Morgan fingerprint density at radius 2 is 2.31 bits per heavy atom. The minimum Gasteiger partial charge on any atom is -0.506 e. The average Bonchev–Trinajstić information content (AvgIpc) is 2.43. The van der Waals surface area contributed by atoms with Gasteiger partial charge in [0.25, 0.3) is 0 Å². The van der Waals surface area contributed by atoms with Crippen LogP contribution in [0.15, 0.2) is 12.3 Å². The van der Waals surface area contributed by atoms with Crippen LogP contribution in [-0.4, -0.2) is 20.9 Å². The smallest absolute Gasteiger partial charge is 0.415 e. The van der Waals surface area contributed by atoms with Crippen molar-refractivity contribution in [1.82, 2.24) is 4.57 Å². The second-order valence-electron chi connectivity index (χ2n) is 2.90. The number of aromatic nitrogens is 1. The molecule has 1 rings (SSSR count). The largest absolute Gasteiger partial charge is 0.506 e. The molecule has 0 spiro atoms. The predicted octanol–water partition coefficient (Wildman–Crippen LogP) is 2.06. The maximum atomic E-state index is 10.7. The molecule has 0 saturated heterocycles. The van der Waals surface area contributed by atoms with Gasteiger partial charge in [0.2, 0.25) is 0 Å². The van der Waals surface area contributed by atoms with Crippen LogP contribution in [0.3, 0.4) is 0 Å². The lowest BCUT2D eigenvalue weighted by atomic mass is 10.2. The van der Waals surface area contributed by atoms with Gasteiger partial charge in [0.15, 0.2) is 0 Å². The molecule has 1 aromatic heterocycles. The highest BCUT2D eigenvalue weighted by Crippen LogP contribution is 2.20. The number of unbranched alkanes of at least 4 members (excludes halogenated alkanes) is 1. The van der Waals surface area contributed by atoms with Crippen LogP contribution >= 0.6 is 0 Å². The monoisotopic (exact) mass is 183 g/mol. The Morgan fingerprint density at radius 3 is 2.85 bits per heavy atom. The van der Waals surface area contributed by atoms with E-state index in [1.165, 1.54) is 12.3 Å². The molecule has 0 radical (unpaired) electrons. The van der Waals surface area contributed by atoms with Crippen molar-refractivity contribution in [1.29, 1.82) is 0 Å². The summed E-state index contributed by atoms with van der Waals surface area (Å²) in [5.41, 5.74) is 0.481. The van der Waals surface area contributed by atoms with E-state index in [1.54, 1.807) is 0 Å². The van der Waals surface area contributed by atoms with Gasteiger partial charge < -0.3 is 10.2 Å². The van der Waals surface area contributed by atoms with E-state index in [1.807, 2.05) is 6.92 Å². The lowest BCUT2D eigenvalue weighted by molar-refractivity contribution is 0.195. The number of carboxylic acid groups (broad SMARTS) is 1. The molecular weight excluding hydrogens is 170 g/mol. The van der Waals surface area contributed by atoms with Crippen LogP contribution in [0.1, 0.15) is 25.5 Å². The zero-order chi connectivity index (χ0) is 9.84. The van der Waals surface area contributed by atoms with Crippen LogP contribution in [-0.2, 0) is 6.42 Å². The van der Waals surface area contributed by atoms with Crippen LogP contribution in [0.2, 0.25) is 0 Å². The Bertz CT molecular complexity index is 304. The maximum absolute atomic E-state index is 10.7. The second kappa shape index (κ2) is 3.98. The zero-order valence-electron chi connectivity index (χ0n) is 7.53. The topological polar surface area (TPSA) is 62.5 Å². The summed E-state index contributed by atoms with van der Waals surface area (Å²) >= 11 is 0. The first-order chi connectivity index (χ1) is 6.16. The molecule has 0 fully saturated rings. The zero-order valence-corrected chi connectivity index (χ0v) is 7.53. The first-order valence-electron chi connectivity index (χ1n) is 4.29. The molecule has 2 N–H and O–H groups in total. The molecule has 1 aromatic rings. The molecule has 0 bridgehead atoms. The molecule has 0 atom stereocenters. The highest BCUT2D eigenvalue weighted by atomic mass is 16.4. The number of carbonyl (C=O) groups is 1. The van der Waals surface area contributed by atoms with Crippen molar-refractivity contribution in [3.63, 3.8) is 0 Å². The number of rotatable bonds is 3. The molecule has 4 nitrogen and oxygen atoms in total.